The van der Waals surface area contributed by atoms with Gasteiger partial charge in [0.15, 0.2) is 0 Å². The van der Waals surface area contributed by atoms with Crippen molar-refractivity contribution in [1.29, 1.82) is 0 Å². The third-order valence-corrected chi connectivity index (χ3v) is 6.13. The van der Waals surface area contributed by atoms with Crippen molar-refractivity contribution < 1.29 is 8.42 Å². The van der Waals surface area contributed by atoms with Crippen LogP contribution in [0.2, 0.25) is 0 Å². The molecule has 0 bridgehead atoms. The molecule has 0 aliphatic heterocycles. The lowest BCUT2D eigenvalue weighted by atomic mass is 9.92. The topological polar surface area (TPSA) is 92.1 Å². The van der Waals surface area contributed by atoms with Gasteiger partial charge in [-0.25, -0.2) is 8.42 Å². The Hall–Kier alpha value is -0.920. The third-order valence-electron chi connectivity index (χ3n) is 3.95. The number of nitrogens with one attached hydrogen (secondary N) is 1. The summed E-state index contributed by atoms with van der Waals surface area (Å²) < 4.78 is 26.8. The Morgan fingerprint density at radius 2 is 1.84 bits per heavy atom. The van der Waals surface area contributed by atoms with Gasteiger partial charge in [-0.05, 0) is 39.5 Å². The molecule has 0 radical (unpaired) electrons. The Labute approximate surface area is 114 Å². The second-order valence-corrected chi connectivity index (χ2v) is 7.29. The van der Waals surface area contributed by atoms with Crippen LogP contribution in [0.5, 0.6) is 0 Å². The van der Waals surface area contributed by atoms with Crippen molar-refractivity contribution in [3.63, 3.8) is 0 Å². The lowest BCUT2D eigenvalue weighted by Gasteiger charge is -2.32. The summed E-state index contributed by atoms with van der Waals surface area (Å²) >= 11 is 0. The van der Waals surface area contributed by atoms with E-state index in [0.717, 1.165) is 25.7 Å². The molecule has 3 N–H and O–H groups in total. The zero-order valence-corrected chi connectivity index (χ0v) is 12.5. The number of rotatable bonds is 3. The SMILES string of the molecule is Cc1n[nH]c(C)c1S(=O)(=O)N(C)C1CCC(N)CC1. The number of hydrogen-bond acceptors (Lipinski definition) is 4. The van der Waals surface area contributed by atoms with Crippen LogP contribution >= 0.6 is 0 Å². The van der Waals surface area contributed by atoms with Gasteiger partial charge in [0, 0.05) is 19.1 Å². The smallest absolute Gasteiger partial charge is 0.246 e. The lowest BCUT2D eigenvalue weighted by molar-refractivity contribution is 0.268. The number of H-pyrrole nitrogens is 1. The first-order valence-corrected chi connectivity index (χ1v) is 8.03. The van der Waals surface area contributed by atoms with Crippen molar-refractivity contribution in [1.82, 2.24) is 14.5 Å². The number of aryl methyl sites for hydroxylation is 2. The Kier molecular flexibility index (Phi) is 3.98. The molecule has 1 aliphatic carbocycles. The van der Waals surface area contributed by atoms with E-state index >= 15 is 0 Å². The molecule has 1 aromatic rings. The summed E-state index contributed by atoms with van der Waals surface area (Å²) in [5, 5.41) is 6.70. The highest BCUT2D eigenvalue weighted by Crippen LogP contribution is 2.28. The molecular formula is C12H22N4O2S. The third kappa shape index (κ3) is 2.68. The largest absolute Gasteiger partial charge is 0.328 e. The number of sulfonamides is 1. The molecule has 2 rings (SSSR count). The van der Waals surface area contributed by atoms with Gasteiger partial charge in [0.2, 0.25) is 10.0 Å². The molecule has 6 nitrogen and oxygen atoms in total. The van der Waals surface area contributed by atoms with E-state index in [1.807, 2.05) is 0 Å². The molecule has 19 heavy (non-hydrogen) atoms. The number of hydrogen-bond donors (Lipinski definition) is 2. The van der Waals surface area contributed by atoms with Crippen LogP contribution < -0.4 is 5.73 Å². The summed E-state index contributed by atoms with van der Waals surface area (Å²) in [5.74, 6) is 0. The van der Waals surface area contributed by atoms with Gasteiger partial charge in [-0.2, -0.15) is 9.40 Å². The molecule has 108 valence electrons. The first-order chi connectivity index (χ1) is 8.84. The van der Waals surface area contributed by atoms with E-state index in [4.69, 9.17) is 5.73 Å². The fraction of sp³-hybridized carbons (Fsp3) is 0.750. The summed E-state index contributed by atoms with van der Waals surface area (Å²) in [6, 6.07) is 0.253. The van der Waals surface area contributed by atoms with E-state index in [2.05, 4.69) is 10.2 Å². The molecule has 0 aromatic carbocycles. The van der Waals surface area contributed by atoms with Crippen LogP contribution in [0, 0.1) is 13.8 Å². The van der Waals surface area contributed by atoms with Gasteiger partial charge >= 0.3 is 0 Å². The zero-order chi connectivity index (χ0) is 14.2. The van der Waals surface area contributed by atoms with Gasteiger partial charge in [0.1, 0.15) is 4.90 Å². The van der Waals surface area contributed by atoms with Gasteiger partial charge in [-0.1, -0.05) is 0 Å². The quantitative estimate of drug-likeness (QED) is 0.864. The highest BCUT2D eigenvalue weighted by atomic mass is 32.2. The Balaban J connectivity index is 2.25. The zero-order valence-electron chi connectivity index (χ0n) is 11.7. The fourth-order valence-electron chi connectivity index (χ4n) is 2.73. The van der Waals surface area contributed by atoms with Crippen molar-refractivity contribution in [2.24, 2.45) is 5.73 Å². The summed E-state index contributed by atoms with van der Waals surface area (Å²) in [7, 11) is -1.82. The molecule has 0 amide bonds. The van der Waals surface area contributed by atoms with Crippen LogP contribution in [0.25, 0.3) is 0 Å². The number of nitrogens with two attached hydrogens (primary N) is 1. The van der Waals surface area contributed by atoms with Crippen LogP contribution in [0.3, 0.4) is 0 Å². The van der Waals surface area contributed by atoms with Gasteiger partial charge in [0.25, 0.3) is 0 Å². The number of aromatic nitrogens is 2. The van der Waals surface area contributed by atoms with E-state index in [9.17, 15) is 8.42 Å². The minimum Gasteiger partial charge on any atom is -0.328 e. The monoisotopic (exact) mass is 286 g/mol. The molecule has 0 atom stereocenters. The van der Waals surface area contributed by atoms with Crippen molar-refractivity contribution in [2.45, 2.75) is 56.5 Å². The Morgan fingerprint density at radius 1 is 1.26 bits per heavy atom. The van der Waals surface area contributed by atoms with Gasteiger partial charge in [-0.3, -0.25) is 5.10 Å². The number of aromatic amines is 1. The Bertz CT molecular complexity index is 525. The standard InChI is InChI=1S/C12H22N4O2S/c1-8-12(9(2)15-14-8)19(17,18)16(3)11-6-4-10(13)5-7-11/h10-11H,4-7,13H2,1-3H3,(H,14,15). The van der Waals surface area contributed by atoms with Crippen LogP contribution in [-0.4, -0.2) is 42.1 Å². The van der Waals surface area contributed by atoms with Crippen LogP contribution in [-0.2, 0) is 10.0 Å². The average Bonchev–Trinajstić information content (AvgIpc) is 2.69. The second kappa shape index (κ2) is 5.22. The molecule has 0 unspecified atom stereocenters. The molecule has 1 saturated carbocycles. The van der Waals surface area contributed by atoms with E-state index in [0.29, 0.717) is 16.3 Å². The summed E-state index contributed by atoms with van der Waals surface area (Å²) in [6.07, 6.45) is 3.42. The van der Waals surface area contributed by atoms with Gasteiger partial charge < -0.3 is 5.73 Å². The van der Waals surface area contributed by atoms with Crippen LogP contribution in [0.15, 0.2) is 4.90 Å². The van der Waals surface area contributed by atoms with E-state index in [-0.39, 0.29) is 12.1 Å². The Morgan fingerprint density at radius 3 is 2.32 bits per heavy atom. The normalized spacial score (nSPS) is 24.9. The summed E-state index contributed by atoms with van der Waals surface area (Å²) in [5.41, 5.74) is 6.99. The van der Waals surface area contributed by atoms with Crippen LogP contribution in [0.1, 0.15) is 37.1 Å². The average molecular weight is 286 g/mol. The summed E-state index contributed by atoms with van der Waals surface area (Å²) in [4.78, 5) is 0.310. The van der Waals surface area contributed by atoms with E-state index in [1.54, 1.807) is 20.9 Å². The van der Waals surface area contributed by atoms with Crippen molar-refractivity contribution in [3.05, 3.63) is 11.4 Å². The highest BCUT2D eigenvalue weighted by Gasteiger charge is 2.33. The second-order valence-electron chi connectivity index (χ2n) is 5.35. The molecule has 1 aromatic heterocycles. The molecule has 0 saturated heterocycles. The maximum absolute atomic E-state index is 12.7. The van der Waals surface area contributed by atoms with Gasteiger partial charge in [-0.15, -0.1) is 0 Å². The molecule has 1 fully saturated rings. The fourth-order valence-corrected chi connectivity index (χ4v) is 4.47. The predicted octanol–water partition coefficient (Wildman–Crippen LogP) is 0.917. The molecule has 7 heteroatoms. The molecule has 1 aliphatic rings. The first kappa shape index (κ1) is 14.5. The number of nitrogens with zero attached hydrogens (tertiary/aromatic N) is 2. The van der Waals surface area contributed by atoms with Crippen molar-refractivity contribution >= 4 is 10.0 Å². The maximum Gasteiger partial charge on any atom is 0.246 e. The predicted molar refractivity (Wildman–Crippen MR) is 73.2 cm³/mol. The highest BCUT2D eigenvalue weighted by molar-refractivity contribution is 7.89. The first-order valence-electron chi connectivity index (χ1n) is 6.59. The minimum absolute atomic E-state index is 0.0403. The maximum atomic E-state index is 12.7. The van der Waals surface area contributed by atoms with Crippen LogP contribution in [0.4, 0.5) is 0 Å². The molecule has 1 heterocycles. The van der Waals surface area contributed by atoms with E-state index < -0.39 is 10.0 Å². The molecule has 0 spiro atoms. The lowest BCUT2D eigenvalue weighted by Crippen LogP contribution is -2.42. The minimum atomic E-state index is -3.48. The summed E-state index contributed by atoms with van der Waals surface area (Å²) in [6.45, 7) is 3.44. The van der Waals surface area contributed by atoms with E-state index in [1.165, 1.54) is 4.31 Å². The molecular weight excluding hydrogens is 264 g/mol. The van der Waals surface area contributed by atoms with Gasteiger partial charge in [0.05, 0.1) is 11.4 Å². The van der Waals surface area contributed by atoms with Crippen molar-refractivity contribution in [3.8, 4) is 0 Å². The van der Waals surface area contributed by atoms with Crippen molar-refractivity contribution in [2.75, 3.05) is 7.05 Å².